The minimum Gasteiger partial charge on any atom is -0.481 e. The Labute approximate surface area is 121 Å². The maximum Gasteiger partial charge on any atom is 0.305 e. The molecule has 1 unspecified atom stereocenters. The first kappa shape index (κ1) is 15.0. The SMILES string of the molecule is Cc1ccc(C)c(C(CC(=O)O)N2CCN(C)CC2)c1. The van der Waals surface area contributed by atoms with Crippen LogP contribution in [0.5, 0.6) is 0 Å². The third kappa shape index (κ3) is 3.58. The lowest BCUT2D eigenvalue weighted by Crippen LogP contribution is -2.46. The molecular formula is C16H24N2O2. The van der Waals surface area contributed by atoms with E-state index in [1.54, 1.807) is 0 Å². The van der Waals surface area contributed by atoms with Crippen LogP contribution < -0.4 is 0 Å². The van der Waals surface area contributed by atoms with E-state index in [1.807, 2.05) is 0 Å². The summed E-state index contributed by atoms with van der Waals surface area (Å²) in [5.41, 5.74) is 3.54. The van der Waals surface area contributed by atoms with E-state index >= 15 is 0 Å². The number of carboxylic acid groups (broad SMARTS) is 1. The van der Waals surface area contributed by atoms with Gasteiger partial charge in [-0.05, 0) is 32.0 Å². The van der Waals surface area contributed by atoms with Crippen LogP contribution in [0.2, 0.25) is 0 Å². The standard InChI is InChI=1S/C16H24N2O2/c1-12-4-5-13(2)14(10-12)15(11-16(19)20)18-8-6-17(3)7-9-18/h4-5,10,15H,6-9,11H2,1-3H3,(H,19,20). The van der Waals surface area contributed by atoms with Crippen molar-refractivity contribution in [2.24, 2.45) is 0 Å². The van der Waals surface area contributed by atoms with Crippen molar-refractivity contribution >= 4 is 5.97 Å². The molecule has 1 atom stereocenters. The molecule has 1 fully saturated rings. The van der Waals surface area contributed by atoms with Gasteiger partial charge in [0.25, 0.3) is 0 Å². The van der Waals surface area contributed by atoms with Crippen molar-refractivity contribution in [2.75, 3.05) is 33.2 Å². The minimum atomic E-state index is -0.727. The Bertz CT molecular complexity index is 479. The molecule has 4 heteroatoms. The van der Waals surface area contributed by atoms with Gasteiger partial charge in [-0.3, -0.25) is 9.69 Å². The molecule has 0 bridgehead atoms. The van der Waals surface area contributed by atoms with Gasteiger partial charge in [-0.15, -0.1) is 0 Å². The van der Waals surface area contributed by atoms with Gasteiger partial charge >= 0.3 is 5.97 Å². The average Bonchev–Trinajstić information content (AvgIpc) is 2.40. The molecule has 1 aromatic carbocycles. The first-order chi connectivity index (χ1) is 9.47. The van der Waals surface area contributed by atoms with Crippen LogP contribution in [0.15, 0.2) is 18.2 Å². The summed E-state index contributed by atoms with van der Waals surface area (Å²) in [6, 6.07) is 6.30. The summed E-state index contributed by atoms with van der Waals surface area (Å²) in [4.78, 5) is 15.9. The van der Waals surface area contributed by atoms with Crippen LogP contribution in [0.25, 0.3) is 0 Å². The number of piperazine rings is 1. The summed E-state index contributed by atoms with van der Waals surface area (Å²) in [6.07, 6.45) is 0.175. The lowest BCUT2D eigenvalue weighted by Gasteiger charge is -2.38. The fourth-order valence-corrected chi connectivity index (χ4v) is 2.85. The highest BCUT2D eigenvalue weighted by atomic mass is 16.4. The van der Waals surface area contributed by atoms with Gasteiger partial charge < -0.3 is 10.0 Å². The predicted octanol–water partition coefficient (Wildman–Crippen LogP) is 2.07. The number of hydrogen-bond acceptors (Lipinski definition) is 3. The quantitative estimate of drug-likeness (QED) is 0.914. The number of hydrogen-bond donors (Lipinski definition) is 1. The molecule has 0 radical (unpaired) electrons. The van der Waals surface area contributed by atoms with Crippen LogP contribution in [0.1, 0.15) is 29.2 Å². The molecule has 1 aliphatic rings. The Morgan fingerprint density at radius 1 is 1.25 bits per heavy atom. The number of nitrogens with zero attached hydrogens (tertiary/aromatic N) is 2. The fraction of sp³-hybridized carbons (Fsp3) is 0.562. The van der Waals surface area contributed by atoms with Crippen LogP contribution in [-0.4, -0.2) is 54.1 Å². The highest BCUT2D eigenvalue weighted by molar-refractivity contribution is 5.68. The molecule has 0 aliphatic carbocycles. The number of carbonyl (C=O) groups is 1. The fourth-order valence-electron chi connectivity index (χ4n) is 2.85. The summed E-state index contributed by atoms with van der Waals surface area (Å²) in [5, 5.41) is 9.25. The highest BCUT2D eigenvalue weighted by Gasteiger charge is 2.27. The molecule has 0 aromatic heterocycles. The van der Waals surface area contributed by atoms with Gasteiger partial charge in [0.15, 0.2) is 0 Å². The van der Waals surface area contributed by atoms with E-state index in [9.17, 15) is 9.90 Å². The number of aliphatic carboxylic acids is 1. The van der Waals surface area contributed by atoms with Crippen molar-refractivity contribution in [3.05, 3.63) is 34.9 Å². The Morgan fingerprint density at radius 2 is 1.90 bits per heavy atom. The van der Waals surface area contributed by atoms with Crippen LogP contribution >= 0.6 is 0 Å². The second kappa shape index (κ2) is 6.37. The van der Waals surface area contributed by atoms with Crippen molar-refractivity contribution < 1.29 is 9.90 Å². The number of likely N-dealkylation sites (N-methyl/N-ethyl adjacent to an activating group) is 1. The average molecular weight is 276 g/mol. The minimum absolute atomic E-state index is 0.0129. The van der Waals surface area contributed by atoms with Crippen molar-refractivity contribution in [3.8, 4) is 0 Å². The van der Waals surface area contributed by atoms with Gasteiger partial charge in [-0.2, -0.15) is 0 Å². The highest BCUT2D eigenvalue weighted by Crippen LogP contribution is 2.28. The van der Waals surface area contributed by atoms with Crippen molar-refractivity contribution in [1.82, 2.24) is 9.80 Å². The third-order valence-electron chi connectivity index (χ3n) is 4.14. The van der Waals surface area contributed by atoms with E-state index in [0.717, 1.165) is 31.7 Å². The van der Waals surface area contributed by atoms with Gasteiger partial charge in [0.2, 0.25) is 0 Å². The second-order valence-electron chi connectivity index (χ2n) is 5.81. The summed E-state index contributed by atoms with van der Waals surface area (Å²) in [5.74, 6) is -0.727. The Hall–Kier alpha value is -1.39. The van der Waals surface area contributed by atoms with Crippen molar-refractivity contribution in [2.45, 2.75) is 26.3 Å². The molecule has 2 rings (SSSR count). The lowest BCUT2D eigenvalue weighted by atomic mass is 9.95. The van der Waals surface area contributed by atoms with Gasteiger partial charge in [0.05, 0.1) is 6.42 Å². The summed E-state index contributed by atoms with van der Waals surface area (Å²) in [7, 11) is 2.11. The molecule has 4 nitrogen and oxygen atoms in total. The summed E-state index contributed by atoms with van der Waals surface area (Å²) in [6.45, 7) is 8.00. The maximum absolute atomic E-state index is 11.2. The van der Waals surface area contributed by atoms with E-state index < -0.39 is 5.97 Å². The molecular weight excluding hydrogens is 252 g/mol. The molecule has 1 N–H and O–H groups in total. The van der Waals surface area contributed by atoms with Gasteiger partial charge in [-0.25, -0.2) is 0 Å². The van der Waals surface area contributed by atoms with Crippen LogP contribution in [0.3, 0.4) is 0 Å². The predicted molar refractivity (Wildman–Crippen MR) is 80.0 cm³/mol. The Kier molecular flexibility index (Phi) is 4.78. The number of aryl methyl sites for hydroxylation is 2. The summed E-state index contributed by atoms with van der Waals surface area (Å²) < 4.78 is 0. The van der Waals surface area contributed by atoms with Gasteiger partial charge in [-0.1, -0.05) is 23.8 Å². The van der Waals surface area contributed by atoms with E-state index in [0.29, 0.717) is 0 Å². The van der Waals surface area contributed by atoms with Crippen LogP contribution in [0, 0.1) is 13.8 Å². The molecule has 110 valence electrons. The zero-order valence-corrected chi connectivity index (χ0v) is 12.6. The number of carboxylic acids is 1. The monoisotopic (exact) mass is 276 g/mol. The van der Waals surface area contributed by atoms with Crippen molar-refractivity contribution in [3.63, 3.8) is 0 Å². The lowest BCUT2D eigenvalue weighted by molar-refractivity contribution is -0.138. The molecule has 0 amide bonds. The number of rotatable bonds is 4. The third-order valence-corrected chi connectivity index (χ3v) is 4.14. The largest absolute Gasteiger partial charge is 0.481 e. The molecule has 1 heterocycles. The first-order valence-corrected chi connectivity index (χ1v) is 7.19. The zero-order chi connectivity index (χ0) is 14.7. The van der Waals surface area contributed by atoms with Crippen LogP contribution in [-0.2, 0) is 4.79 Å². The van der Waals surface area contributed by atoms with Gasteiger partial charge in [0, 0.05) is 32.2 Å². The van der Waals surface area contributed by atoms with Gasteiger partial charge in [0.1, 0.15) is 0 Å². The molecule has 1 saturated heterocycles. The molecule has 20 heavy (non-hydrogen) atoms. The van der Waals surface area contributed by atoms with E-state index in [-0.39, 0.29) is 12.5 Å². The van der Waals surface area contributed by atoms with E-state index in [2.05, 4.69) is 48.9 Å². The first-order valence-electron chi connectivity index (χ1n) is 7.19. The molecule has 0 saturated carbocycles. The topological polar surface area (TPSA) is 43.8 Å². The maximum atomic E-state index is 11.2. The second-order valence-corrected chi connectivity index (χ2v) is 5.81. The zero-order valence-electron chi connectivity index (χ0n) is 12.6. The summed E-state index contributed by atoms with van der Waals surface area (Å²) >= 11 is 0. The molecule has 1 aromatic rings. The Morgan fingerprint density at radius 3 is 2.50 bits per heavy atom. The normalized spacial score (nSPS) is 18.9. The van der Waals surface area contributed by atoms with E-state index in [4.69, 9.17) is 0 Å². The van der Waals surface area contributed by atoms with Crippen molar-refractivity contribution in [1.29, 1.82) is 0 Å². The van der Waals surface area contributed by atoms with Crippen LogP contribution in [0.4, 0.5) is 0 Å². The number of benzene rings is 1. The van der Waals surface area contributed by atoms with E-state index in [1.165, 1.54) is 11.1 Å². The molecule has 1 aliphatic heterocycles. The molecule has 0 spiro atoms. The smallest absolute Gasteiger partial charge is 0.305 e. The Balaban J connectivity index is 2.27.